The van der Waals surface area contributed by atoms with Gasteiger partial charge in [0.25, 0.3) is 0 Å². The minimum absolute atomic E-state index is 0.313. The second-order valence-corrected chi connectivity index (χ2v) is 5.47. The molecule has 0 saturated heterocycles. The Morgan fingerprint density at radius 1 is 1.00 bits per heavy atom. The van der Waals surface area contributed by atoms with Crippen LogP contribution < -0.4 is 5.32 Å². The van der Waals surface area contributed by atoms with Crippen LogP contribution in [0.5, 0.6) is 0 Å². The van der Waals surface area contributed by atoms with Crippen LogP contribution in [0.15, 0.2) is 0 Å². The average molecular weight is 289 g/mol. The largest absolute Gasteiger partial charge is 0.389 e. The standard InChI is InChI=1S/C16H35NO3/c1-4-6-7-8-9-10-11-20-14-16(18)12-17-15(5-2)13-19-3/h15-18H,4-14H2,1-3H3. The van der Waals surface area contributed by atoms with Crippen molar-refractivity contribution in [1.82, 2.24) is 5.32 Å². The maximum Gasteiger partial charge on any atom is 0.0897 e. The molecule has 0 rings (SSSR count). The van der Waals surface area contributed by atoms with Crippen molar-refractivity contribution in [3.8, 4) is 0 Å². The number of aliphatic hydroxyl groups is 1. The zero-order valence-corrected chi connectivity index (χ0v) is 13.7. The van der Waals surface area contributed by atoms with Gasteiger partial charge in [-0.25, -0.2) is 0 Å². The maximum absolute atomic E-state index is 9.81. The molecule has 0 heterocycles. The summed E-state index contributed by atoms with van der Waals surface area (Å²) in [5.74, 6) is 0. The fourth-order valence-electron chi connectivity index (χ4n) is 2.09. The summed E-state index contributed by atoms with van der Waals surface area (Å²) in [6.45, 7) is 6.77. The molecule has 0 aliphatic rings. The van der Waals surface area contributed by atoms with Crippen LogP contribution in [-0.2, 0) is 9.47 Å². The van der Waals surface area contributed by atoms with Crippen molar-refractivity contribution in [2.24, 2.45) is 0 Å². The third kappa shape index (κ3) is 12.9. The summed E-state index contributed by atoms with van der Waals surface area (Å²) >= 11 is 0. The van der Waals surface area contributed by atoms with Gasteiger partial charge in [0.15, 0.2) is 0 Å². The summed E-state index contributed by atoms with van der Waals surface area (Å²) in [5, 5.41) is 13.1. The number of hydrogen-bond donors (Lipinski definition) is 2. The lowest BCUT2D eigenvalue weighted by molar-refractivity contribution is 0.0321. The van der Waals surface area contributed by atoms with E-state index < -0.39 is 6.10 Å². The Labute approximate surface area is 125 Å². The number of methoxy groups -OCH3 is 1. The normalized spacial score (nSPS) is 14.4. The van der Waals surface area contributed by atoms with Crippen molar-refractivity contribution in [2.45, 2.75) is 70.9 Å². The average Bonchev–Trinajstić information content (AvgIpc) is 2.46. The summed E-state index contributed by atoms with van der Waals surface area (Å²) in [5.41, 5.74) is 0. The molecule has 20 heavy (non-hydrogen) atoms. The first kappa shape index (κ1) is 19.8. The number of hydrogen-bond acceptors (Lipinski definition) is 4. The smallest absolute Gasteiger partial charge is 0.0897 e. The van der Waals surface area contributed by atoms with Crippen LogP contribution in [0.4, 0.5) is 0 Å². The number of rotatable bonds is 15. The zero-order chi connectivity index (χ0) is 15.1. The first-order valence-electron chi connectivity index (χ1n) is 8.22. The highest BCUT2D eigenvalue weighted by molar-refractivity contribution is 4.67. The quantitative estimate of drug-likeness (QED) is 0.455. The van der Waals surface area contributed by atoms with Gasteiger partial charge >= 0.3 is 0 Å². The molecule has 2 N–H and O–H groups in total. The third-order valence-electron chi connectivity index (χ3n) is 3.46. The van der Waals surface area contributed by atoms with E-state index in [9.17, 15) is 5.11 Å². The molecule has 4 nitrogen and oxygen atoms in total. The fourth-order valence-corrected chi connectivity index (χ4v) is 2.09. The van der Waals surface area contributed by atoms with E-state index in [1.54, 1.807) is 7.11 Å². The molecule has 0 aliphatic heterocycles. The second kappa shape index (κ2) is 15.2. The predicted octanol–water partition coefficient (Wildman–Crippen LogP) is 2.74. The molecule has 0 aromatic rings. The SMILES string of the molecule is CCCCCCCCOCC(O)CNC(CC)COC. The molecule has 0 amide bonds. The van der Waals surface area contributed by atoms with Gasteiger partial charge in [0, 0.05) is 26.3 Å². The van der Waals surface area contributed by atoms with E-state index >= 15 is 0 Å². The van der Waals surface area contributed by atoms with Gasteiger partial charge < -0.3 is 19.9 Å². The van der Waals surface area contributed by atoms with Gasteiger partial charge in [-0.05, 0) is 12.8 Å². The second-order valence-electron chi connectivity index (χ2n) is 5.47. The third-order valence-corrected chi connectivity index (χ3v) is 3.46. The van der Waals surface area contributed by atoms with Gasteiger partial charge in [0.1, 0.15) is 0 Å². The molecular weight excluding hydrogens is 254 g/mol. The molecule has 0 bridgehead atoms. The number of aliphatic hydroxyl groups excluding tert-OH is 1. The molecular formula is C16H35NO3. The Morgan fingerprint density at radius 3 is 2.35 bits per heavy atom. The van der Waals surface area contributed by atoms with E-state index in [-0.39, 0.29) is 0 Å². The highest BCUT2D eigenvalue weighted by Gasteiger charge is 2.09. The summed E-state index contributed by atoms with van der Waals surface area (Å²) in [6, 6.07) is 0.313. The lowest BCUT2D eigenvalue weighted by Crippen LogP contribution is -2.39. The van der Waals surface area contributed by atoms with Gasteiger partial charge in [0.05, 0.1) is 19.3 Å². The van der Waals surface area contributed by atoms with Crippen LogP contribution in [0.2, 0.25) is 0 Å². The molecule has 0 aromatic carbocycles. The van der Waals surface area contributed by atoms with Crippen LogP contribution in [0.3, 0.4) is 0 Å². The molecule has 0 spiro atoms. The van der Waals surface area contributed by atoms with E-state index in [1.807, 2.05) is 0 Å². The van der Waals surface area contributed by atoms with Crippen molar-refractivity contribution < 1.29 is 14.6 Å². The Balaban J connectivity index is 3.33. The van der Waals surface area contributed by atoms with Crippen molar-refractivity contribution in [3.05, 3.63) is 0 Å². The van der Waals surface area contributed by atoms with E-state index in [2.05, 4.69) is 19.2 Å². The van der Waals surface area contributed by atoms with Crippen molar-refractivity contribution >= 4 is 0 Å². The first-order valence-corrected chi connectivity index (χ1v) is 8.22. The minimum Gasteiger partial charge on any atom is -0.389 e. The summed E-state index contributed by atoms with van der Waals surface area (Å²) in [7, 11) is 1.70. The van der Waals surface area contributed by atoms with Gasteiger partial charge in [-0.1, -0.05) is 46.0 Å². The summed E-state index contributed by atoms with van der Waals surface area (Å²) in [4.78, 5) is 0. The Hall–Kier alpha value is -0.160. The van der Waals surface area contributed by atoms with E-state index in [1.165, 1.54) is 32.1 Å². The van der Waals surface area contributed by atoms with Crippen LogP contribution in [0.1, 0.15) is 58.8 Å². The molecule has 4 heteroatoms. The van der Waals surface area contributed by atoms with E-state index in [0.29, 0.717) is 25.8 Å². The molecule has 0 saturated carbocycles. The topological polar surface area (TPSA) is 50.7 Å². The lowest BCUT2D eigenvalue weighted by atomic mass is 10.1. The van der Waals surface area contributed by atoms with E-state index in [0.717, 1.165) is 19.4 Å². The van der Waals surface area contributed by atoms with Gasteiger partial charge in [-0.2, -0.15) is 0 Å². The van der Waals surface area contributed by atoms with Crippen molar-refractivity contribution in [2.75, 3.05) is 33.5 Å². The molecule has 0 aromatic heterocycles. The van der Waals surface area contributed by atoms with E-state index in [4.69, 9.17) is 9.47 Å². The van der Waals surface area contributed by atoms with Crippen LogP contribution >= 0.6 is 0 Å². The fraction of sp³-hybridized carbons (Fsp3) is 1.00. The zero-order valence-electron chi connectivity index (χ0n) is 13.7. The Morgan fingerprint density at radius 2 is 1.70 bits per heavy atom. The van der Waals surface area contributed by atoms with Gasteiger partial charge in [0.2, 0.25) is 0 Å². The Bertz CT molecular complexity index is 191. The van der Waals surface area contributed by atoms with Gasteiger partial charge in [-0.3, -0.25) is 0 Å². The molecule has 2 atom stereocenters. The highest BCUT2D eigenvalue weighted by Crippen LogP contribution is 2.05. The van der Waals surface area contributed by atoms with Crippen molar-refractivity contribution in [3.63, 3.8) is 0 Å². The molecule has 0 radical (unpaired) electrons. The monoisotopic (exact) mass is 289 g/mol. The maximum atomic E-state index is 9.81. The first-order chi connectivity index (χ1) is 9.74. The highest BCUT2D eigenvalue weighted by atomic mass is 16.5. The predicted molar refractivity (Wildman–Crippen MR) is 84.2 cm³/mol. The molecule has 2 unspecified atom stereocenters. The summed E-state index contributed by atoms with van der Waals surface area (Å²) < 4.78 is 10.6. The van der Waals surface area contributed by atoms with Crippen molar-refractivity contribution in [1.29, 1.82) is 0 Å². The summed E-state index contributed by atoms with van der Waals surface area (Å²) in [6.07, 6.45) is 8.17. The van der Waals surface area contributed by atoms with Gasteiger partial charge in [-0.15, -0.1) is 0 Å². The minimum atomic E-state index is -0.430. The number of ether oxygens (including phenoxy) is 2. The number of unbranched alkanes of at least 4 members (excludes halogenated alkanes) is 5. The molecule has 122 valence electrons. The lowest BCUT2D eigenvalue weighted by Gasteiger charge is -2.18. The number of nitrogens with one attached hydrogen (secondary N) is 1. The van der Waals surface area contributed by atoms with Crippen LogP contribution in [0.25, 0.3) is 0 Å². The molecule has 0 aliphatic carbocycles. The molecule has 0 fully saturated rings. The Kier molecular flexibility index (Phi) is 15.1. The van der Waals surface area contributed by atoms with Crippen LogP contribution in [-0.4, -0.2) is 50.7 Å². The van der Waals surface area contributed by atoms with Crippen LogP contribution in [0, 0.1) is 0 Å².